The third-order valence-electron chi connectivity index (χ3n) is 5.56. The molecule has 4 aromatic rings. The van der Waals surface area contributed by atoms with Crippen molar-refractivity contribution in [2.75, 3.05) is 12.4 Å². The second kappa shape index (κ2) is 12.9. The lowest BCUT2D eigenvalue weighted by Gasteiger charge is -2.06. The summed E-state index contributed by atoms with van der Waals surface area (Å²) in [6, 6.07) is 21.0. The number of ketones is 1. The Labute approximate surface area is 230 Å². The molecule has 0 radical (unpaired) electrons. The average Bonchev–Trinajstić information content (AvgIpc) is 3.25. The van der Waals surface area contributed by atoms with Crippen molar-refractivity contribution in [3.05, 3.63) is 117 Å². The molecule has 0 saturated carbocycles. The molecule has 0 saturated heterocycles. The zero-order valence-electron chi connectivity index (χ0n) is 20.6. The van der Waals surface area contributed by atoms with E-state index in [4.69, 9.17) is 16.3 Å². The predicted octanol–water partition coefficient (Wildman–Crippen LogP) is 7.13. The smallest absolute Gasteiger partial charge is 0.310 e. The maximum Gasteiger partial charge on any atom is 0.310 e. The van der Waals surface area contributed by atoms with Crippen LogP contribution in [0.15, 0.2) is 89.4 Å². The first-order valence-electron chi connectivity index (χ1n) is 11.9. The summed E-state index contributed by atoms with van der Waals surface area (Å²) in [5.74, 6) is 0.212. The number of thiophene rings is 1. The minimum absolute atomic E-state index is 0.00955. The number of ether oxygens (including phenoxy) is 1. The fraction of sp³-hybridized carbons (Fsp3) is 0.167. The fourth-order valence-electron chi connectivity index (χ4n) is 3.75. The molecular formula is C30H27ClNO3S2+. The minimum Gasteiger partial charge on any atom is -0.466 e. The molecule has 0 atom stereocenters. The molecule has 0 unspecified atom stereocenters. The van der Waals surface area contributed by atoms with Gasteiger partial charge in [-0.1, -0.05) is 54.1 Å². The van der Waals surface area contributed by atoms with E-state index in [0.717, 1.165) is 21.0 Å². The Morgan fingerprint density at radius 2 is 1.73 bits per heavy atom. The molecular weight excluding hydrogens is 522 g/mol. The highest BCUT2D eigenvalue weighted by molar-refractivity contribution is 8.01. The number of carbonyl (C=O) groups is 2. The standard InChI is InChI=1S/C30H27ClNO3S2/c1-3-35-26(33)20-25-27(32-17-15-21(2)16-18-32)30(36-19-7-10-22-8-5-4-6-9-22)37-29(25)28(34)23-11-13-24(31)14-12-23/h4-18H,3,19-20H2,1-2H3/q+1/b10-7+. The Kier molecular flexibility index (Phi) is 9.34. The van der Waals surface area contributed by atoms with E-state index in [-0.39, 0.29) is 24.8 Å². The number of benzene rings is 2. The molecule has 0 N–H and O–H groups in total. The summed E-state index contributed by atoms with van der Waals surface area (Å²) in [5.41, 5.74) is 4.29. The van der Waals surface area contributed by atoms with E-state index in [2.05, 4.69) is 24.3 Å². The molecule has 0 spiro atoms. The minimum atomic E-state index is -0.361. The molecule has 37 heavy (non-hydrogen) atoms. The predicted molar refractivity (Wildman–Crippen MR) is 152 cm³/mol. The van der Waals surface area contributed by atoms with Gasteiger partial charge in [0.25, 0.3) is 0 Å². The fourth-order valence-corrected chi connectivity index (χ4v) is 6.29. The lowest BCUT2D eigenvalue weighted by molar-refractivity contribution is -0.598. The molecule has 0 aliphatic carbocycles. The highest BCUT2D eigenvalue weighted by Crippen LogP contribution is 2.38. The van der Waals surface area contributed by atoms with Gasteiger partial charge in [0.05, 0.1) is 23.5 Å². The van der Waals surface area contributed by atoms with Gasteiger partial charge in [0, 0.05) is 28.5 Å². The van der Waals surface area contributed by atoms with Crippen molar-refractivity contribution < 1.29 is 18.9 Å². The molecule has 0 fully saturated rings. The Hall–Kier alpha value is -3.19. The molecule has 2 heterocycles. The molecule has 0 aliphatic rings. The van der Waals surface area contributed by atoms with Crippen LogP contribution in [0.5, 0.6) is 0 Å². The lowest BCUT2D eigenvalue weighted by atomic mass is 10.0. The third kappa shape index (κ3) is 6.98. The highest BCUT2D eigenvalue weighted by atomic mass is 35.5. The van der Waals surface area contributed by atoms with Crippen LogP contribution in [-0.4, -0.2) is 24.1 Å². The summed E-state index contributed by atoms with van der Waals surface area (Å²) in [7, 11) is 0. The number of aromatic nitrogens is 1. The molecule has 0 amide bonds. The van der Waals surface area contributed by atoms with Crippen LogP contribution < -0.4 is 4.57 Å². The molecule has 2 aromatic heterocycles. The monoisotopic (exact) mass is 548 g/mol. The summed E-state index contributed by atoms with van der Waals surface area (Å²) in [5, 5.41) is 0.562. The van der Waals surface area contributed by atoms with E-state index in [1.807, 2.05) is 54.2 Å². The number of nitrogens with zero attached hydrogens (tertiary/aromatic N) is 1. The van der Waals surface area contributed by atoms with Crippen LogP contribution in [0.4, 0.5) is 0 Å². The van der Waals surface area contributed by atoms with E-state index in [9.17, 15) is 9.59 Å². The van der Waals surface area contributed by atoms with Crippen molar-refractivity contribution in [3.63, 3.8) is 0 Å². The first kappa shape index (κ1) is 26.9. The topological polar surface area (TPSA) is 47.3 Å². The van der Waals surface area contributed by atoms with Crippen LogP contribution in [-0.2, 0) is 16.0 Å². The Morgan fingerprint density at radius 3 is 2.41 bits per heavy atom. The van der Waals surface area contributed by atoms with E-state index >= 15 is 0 Å². The number of hydrogen-bond donors (Lipinski definition) is 0. The van der Waals surface area contributed by atoms with Gasteiger partial charge in [0.2, 0.25) is 11.5 Å². The van der Waals surface area contributed by atoms with Crippen LogP contribution in [0.3, 0.4) is 0 Å². The Morgan fingerprint density at radius 1 is 1.03 bits per heavy atom. The van der Waals surface area contributed by atoms with Crippen LogP contribution >= 0.6 is 34.7 Å². The van der Waals surface area contributed by atoms with Gasteiger partial charge in [-0.3, -0.25) is 9.59 Å². The second-order valence-electron chi connectivity index (χ2n) is 8.27. The summed E-state index contributed by atoms with van der Waals surface area (Å²) in [4.78, 5) is 26.9. The summed E-state index contributed by atoms with van der Waals surface area (Å²) < 4.78 is 8.23. The molecule has 0 aliphatic heterocycles. The number of pyridine rings is 1. The molecule has 7 heteroatoms. The first-order chi connectivity index (χ1) is 18.0. The quantitative estimate of drug-likeness (QED) is 0.0915. The summed E-state index contributed by atoms with van der Waals surface area (Å²) >= 11 is 9.11. The lowest BCUT2D eigenvalue weighted by Crippen LogP contribution is -2.31. The van der Waals surface area contributed by atoms with Crippen LogP contribution in [0.2, 0.25) is 5.02 Å². The van der Waals surface area contributed by atoms with Crippen molar-refractivity contribution in [3.8, 4) is 5.69 Å². The van der Waals surface area contributed by atoms with Crippen LogP contribution in [0.25, 0.3) is 11.8 Å². The van der Waals surface area contributed by atoms with Crippen molar-refractivity contribution in [2.45, 2.75) is 24.5 Å². The zero-order chi connectivity index (χ0) is 26.2. The van der Waals surface area contributed by atoms with Crippen LogP contribution in [0.1, 0.15) is 38.8 Å². The normalized spacial score (nSPS) is 11.1. The third-order valence-corrected chi connectivity index (χ3v) is 8.25. The van der Waals surface area contributed by atoms with Gasteiger partial charge in [0.1, 0.15) is 4.21 Å². The zero-order valence-corrected chi connectivity index (χ0v) is 23.0. The number of halogens is 1. The van der Waals surface area contributed by atoms with Crippen LogP contribution in [0, 0.1) is 6.92 Å². The first-order valence-corrected chi connectivity index (χ1v) is 14.1. The molecule has 0 bridgehead atoms. The summed E-state index contributed by atoms with van der Waals surface area (Å²) in [6.07, 6.45) is 8.13. The van der Waals surface area contributed by atoms with E-state index < -0.39 is 0 Å². The number of thioether (sulfide) groups is 1. The van der Waals surface area contributed by atoms with Crippen molar-refractivity contribution in [1.82, 2.24) is 0 Å². The molecule has 2 aromatic carbocycles. The Bertz CT molecular complexity index is 1400. The number of aryl methyl sites for hydroxylation is 1. The van der Waals surface area contributed by atoms with Gasteiger partial charge >= 0.3 is 5.97 Å². The molecule has 4 rings (SSSR count). The number of rotatable bonds is 10. The van der Waals surface area contributed by atoms with Gasteiger partial charge < -0.3 is 4.74 Å². The molecule has 188 valence electrons. The maximum absolute atomic E-state index is 13.7. The second-order valence-corrected chi connectivity index (χ2v) is 11.0. The van der Waals surface area contributed by atoms with Crippen molar-refractivity contribution >= 4 is 52.5 Å². The SMILES string of the molecule is CCOC(=O)Cc1c(C(=O)c2ccc(Cl)cc2)sc(SC/C=C/c2ccccc2)c1-[n+]1ccc(C)cc1. The van der Waals surface area contributed by atoms with E-state index in [0.29, 0.717) is 26.8 Å². The maximum atomic E-state index is 13.7. The van der Waals surface area contributed by atoms with E-state index in [1.165, 1.54) is 11.3 Å². The van der Waals surface area contributed by atoms with Gasteiger partial charge in [-0.25, -0.2) is 0 Å². The number of esters is 1. The highest BCUT2D eigenvalue weighted by Gasteiger charge is 2.31. The summed E-state index contributed by atoms with van der Waals surface area (Å²) in [6.45, 7) is 4.08. The van der Waals surface area contributed by atoms with Gasteiger partial charge in [0.15, 0.2) is 12.4 Å². The largest absolute Gasteiger partial charge is 0.466 e. The number of hydrogen-bond acceptors (Lipinski definition) is 5. The van der Waals surface area contributed by atoms with Crippen molar-refractivity contribution in [2.24, 2.45) is 0 Å². The van der Waals surface area contributed by atoms with Gasteiger partial charge in [-0.15, -0.1) is 23.1 Å². The van der Waals surface area contributed by atoms with E-state index in [1.54, 1.807) is 43.0 Å². The van der Waals surface area contributed by atoms with Crippen molar-refractivity contribution in [1.29, 1.82) is 0 Å². The van der Waals surface area contributed by atoms with Gasteiger partial charge in [-0.2, -0.15) is 4.57 Å². The molecule has 4 nitrogen and oxygen atoms in total. The number of carbonyl (C=O) groups excluding carboxylic acids is 2. The van der Waals surface area contributed by atoms with Gasteiger partial charge in [-0.05, 0) is 49.2 Å². The average molecular weight is 549 g/mol. The Balaban J connectivity index is 1.77.